The molecule has 0 heterocycles. The zero-order valence-electron chi connectivity index (χ0n) is 6.20. The van der Waals surface area contributed by atoms with Crippen LogP contribution in [0.25, 0.3) is 0 Å². The van der Waals surface area contributed by atoms with Crippen LogP contribution in [0.4, 0.5) is 0 Å². The molecular weight excluding hydrogens is 225 g/mol. The van der Waals surface area contributed by atoms with Crippen LogP contribution in [0.1, 0.15) is 11.1 Å². The minimum Gasteiger partial charge on any atom is -0.326 e. The summed E-state index contributed by atoms with van der Waals surface area (Å²) in [7, 11) is 0. The van der Waals surface area contributed by atoms with Gasteiger partial charge in [-0.15, -0.1) is 0 Å². The van der Waals surface area contributed by atoms with Crippen LogP contribution in [0.5, 0.6) is 0 Å². The summed E-state index contributed by atoms with van der Waals surface area (Å²) in [6, 6.07) is 3.93. The number of halogens is 2. The third-order valence-electron chi connectivity index (χ3n) is 1.47. The van der Waals surface area contributed by atoms with E-state index in [-0.39, 0.29) is 0 Å². The van der Waals surface area contributed by atoms with Gasteiger partial charge in [-0.2, -0.15) is 0 Å². The number of hydrogen-bond acceptors (Lipinski definition) is 1. The lowest BCUT2D eigenvalue weighted by molar-refractivity contribution is 1.06. The van der Waals surface area contributed by atoms with Gasteiger partial charge >= 0.3 is 0 Å². The fourth-order valence-corrected chi connectivity index (χ4v) is 1.63. The number of benzene rings is 1. The first kappa shape index (κ1) is 9.04. The Labute approximate surface area is 79.7 Å². The van der Waals surface area contributed by atoms with Crippen molar-refractivity contribution in [3.63, 3.8) is 0 Å². The SMILES string of the molecule is Cc1cc(Cl)c(Br)c(CN)c1. The summed E-state index contributed by atoms with van der Waals surface area (Å²) in [4.78, 5) is 0. The number of aryl methyl sites for hydroxylation is 1. The van der Waals surface area contributed by atoms with Crippen LogP contribution in [0.2, 0.25) is 5.02 Å². The highest BCUT2D eigenvalue weighted by Crippen LogP contribution is 2.27. The van der Waals surface area contributed by atoms with Crippen molar-refractivity contribution < 1.29 is 0 Å². The second-order valence-corrected chi connectivity index (χ2v) is 3.62. The molecule has 11 heavy (non-hydrogen) atoms. The van der Waals surface area contributed by atoms with E-state index in [0.29, 0.717) is 6.54 Å². The third-order valence-corrected chi connectivity index (χ3v) is 2.93. The van der Waals surface area contributed by atoms with Gasteiger partial charge in [0.05, 0.1) is 5.02 Å². The Balaban J connectivity index is 3.24. The maximum absolute atomic E-state index is 5.90. The lowest BCUT2D eigenvalue weighted by atomic mass is 10.1. The Morgan fingerprint density at radius 3 is 2.73 bits per heavy atom. The van der Waals surface area contributed by atoms with Gasteiger partial charge in [0.1, 0.15) is 0 Å². The molecule has 2 N–H and O–H groups in total. The van der Waals surface area contributed by atoms with Crippen LogP contribution in [-0.2, 0) is 6.54 Å². The first-order valence-corrected chi connectivity index (χ1v) is 4.47. The molecule has 0 spiro atoms. The number of hydrogen-bond donors (Lipinski definition) is 1. The minimum absolute atomic E-state index is 0.516. The van der Waals surface area contributed by atoms with Gasteiger partial charge in [-0.05, 0) is 40.0 Å². The van der Waals surface area contributed by atoms with Crippen molar-refractivity contribution in [1.29, 1.82) is 0 Å². The second-order valence-electron chi connectivity index (χ2n) is 2.42. The summed E-state index contributed by atoms with van der Waals surface area (Å²) in [6.45, 7) is 2.51. The molecule has 0 bridgehead atoms. The predicted octanol–water partition coefficient (Wildman–Crippen LogP) is 2.87. The topological polar surface area (TPSA) is 26.0 Å². The molecule has 3 heteroatoms. The van der Waals surface area contributed by atoms with Crippen molar-refractivity contribution in [2.45, 2.75) is 13.5 Å². The highest BCUT2D eigenvalue weighted by atomic mass is 79.9. The molecule has 0 aliphatic carbocycles. The molecule has 0 aromatic heterocycles. The van der Waals surface area contributed by atoms with Gasteiger partial charge in [0.2, 0.25) is 0 Å². The van der Waals surface area contributed by atoms with E-state index < -0.39 is 0 Å². The summed E-state index contributed by atoms with van der Waals surface area (Å²) >= 11 is 9.26. The molecule has 0 aliphatic rings. The molecule has 0 radical (unpaired) electrons. The van der Waals surface area contributed by atoms with E-state index in [4.69, 9.17) is 17.3 Å². The van der Waals surface area contributed by atoms with E-state index in [1.807, 2.05) is 19.1 Å². The van der Waals surface area contributed by atoms with Gasteiger partial charge in [-0.25, -0.2) is 0 Å². The van der Waals surface area contributed by atoms with Gasteiger partial charge in [0.15, 0.2) is 0 Å². The van der Waals surface area contributed by atoms with Crippen LogP contribution in [0.15, 0.2) is 16.6 Å². The summed E-state index contributed by atoms with van der Waals surface area (Å²) < 4.78 is 0.910. The third kappa shape index (κ3) is 1.95. The maximum Gasteiger partial charge on any atom is 0.0554 e. The van der Waals surface area contributed by atoms with Crippen molar-refractivity contribution in [2.24, 2.45) is 5.73 Å². The van der Waals surface area contributed by atoms with Crippen LogP contribution in [0.3, 0.4) is 0 Å². The average molecular weight is 235 g/mol. The lowest BCUT2D eigenvalue weighted by Gasteiger charge is -2.04. The second kappa shape index (κ2) is 3.57. The van der Waals surface area contributed by atoms with Crippen LogP contribution in [0, 0.1) is 6.92 Å². The molecule has 0 fully saturated rings. The Morgan fingerprint density at radius 2 is 2.18 bits per heavy atom. The summed E-state index contributed by atoms with van der Waals surface area (Å²) in [5, 5.41) is 0.727. The Bertz CT molecular complexity index is 273. The molecule has 0 amide bonds. The Hall–Kier alpha value is -0.0500. The van der Waals surface area contributed by atoms with Crippen LogP contribution >= 0.6 is 27.5 Å². The van der Waals surface area contributed by atoms with E-state index in [1.54, 1.807) is 0 Å². The first-order valence-electron chi connectivity index (χ1n) is 3.29. The van der Waals surface area contributed by atoms with E-state index in [0.717, 1.165) is 20.6 Å². The Kier molecular flexibility index (Phi) is 2.93. The standard InChI is InChI=1S/C8H9BrClN/c1-5-2-6(4-11)8(9)7(10)3-5/h2-3H,4,11H2,1H3. The number of rotatable bonds is 1. The molecule has 0 saturated carbocycles. The van der Waals surface area contributed by atoms with Gasteiger partial charge in [0, 0.05) is 11.0 Å². The normalized spacial score (nSPS) is 10.2. The molecule has 1 rings (SSSR count). The fraction of sp³-hybridized carbons (Fsp3) is 0.250. The molecular formula is C8H9BrClN. The van der Waals surface area contributed by atoms with E-state index in [9.17, 15) is 0 Å². The van der Waals surface area contributed by atoms with Crippen LogP contribution in [-0.4, -0.2) is 0 Å². The minimum atomic E-state index is 0.516. The zero-order chi connectivity index (χ0) is 8.43. The molecule has 1 nitrogen and oxygen atoms in total. The van der Waals surface area contributed by atoms with Crippen molar-refractivity contribution in [3.05, 3.63) is 32.8 Å². The summed E-state index contributed by atoms with van der Waals surface area (Å²) in [5.74, 6) is 0. The van der Waals surface area contributed by atoms with Crippen LogP contribution < -0.4 is 5.73 Å². The lowest BCUT2D eigenvalue weighted by Crippen LogP contribution is -1.98. The molecule has 0 unspecified atom stereocenters. The largest absolute Gasteiger partial charge is 0.326 e. The molecule has 1 aromatic rings. The average Bonchev–Trinajstić information content (AvgIpc) is 1.96. The summed E-state index contributed by atoms with van der Waals surface area (Å²) in [5.41, 5.74) is 7.69. The molecule has 1 aromatic carbocycles. The molecule has 60 valence electrons. The fourth-order valence-electron chi connectivity index (χ4n) is 0.945. The van der Waals surface area contributed by atoms with E-state index in [2.05, 4.69) is 15.9 Å². The summed E-state index contributed by atoms with van der Waals surface area (Å²) in [6.07, 6.45) is 0. The predicted molar refractivity (Wildman–Crippen MR) is 51.8 cm³/mol. The molecule has 0 atom stereocenters. The smallest absolute Gasteiger partial charge is 0.0554 e. The Morgan fingerprint density at radius 1 is 1.55 bits per heavy atom. The quantitative estimate of drug-likeness (QED) is 0.794. The van der Waals surface area contributed by atoms with E-state index in [1.165, 1.54) is 0 Å². The van der Waals surface area contributed by atoms with Gasteiger partial charge < -0.3 is 5.73 Å². The van der Waals surface area contributed by atoms with Gasteiger partial charge in [0.25, 0.3) is 0 Å². The maximum atomic E-state index is 5.90. The van der Waals surface area contributed by atoms with Gasteiger partial charge in [-0.3, -0.25) is 0 Å². The highest BCUT2D eigenvalue weighted by molar-refractivity contribution is 9.10. The monoisotopic (exact) mass is 233 g/mol. The first-order chi connectivity index (χ1) is 5.15. The van der Waals surface area contributed by atoms with Crippen molar-refractivity contribution in [1.82, 2.24) is 0 Å². The van der Waals surface area contributed by atoms with Crippen molar-refractivity contribution >= 4 is 27.5 Å². The zero-order valence-corrected chi connectivity index (χ0v) is 8.54. The molecule has 0 aliphatic heterocycles. The van der Waals surface area contributed by atoms with E-state index >= 15 is 0 Å². The van der Waals surface area contributed by atoms with Crippen molar-refractivity contribution in [2.75, 3.05) is 0 Å². The molecule has 0 saturated heterocycles. The van der Waals surface area contributed by atoms with Crippen molar-refractivity contribution in [3.8, 4) is 0 Å². The number of nitrogens with two attached hydrogens (primary N) is 1. The highest BCUT2D eigenvalue weighted by Gasteiger charge is 2.02. The van der Waals surface area contributed by atoms with Gasteiger partial charge in [-0.1, -0.05) is 17.7 Å².